The molecule has 1 unspecified atom stereocenters. The Kier molecular flexibility index (Phi) is 8.26. The van der Waals surface area contributed by atoms with Crippen LogP contribution in [0.4, 0.5) is 11.4 Å². The minimum Gasteiger partial charge on any atom is -0.494 e. The molecule has 3 rings (SSSR count). The van der Waals surface area contributed by atoms with Gasteiger partial charge in [0.2, 0.25) is 5.91 Å². The van der Waals surface area contributed by atoms with Gasteiger partial charge >= 0.3 is 0 Å². The Balaban J connectivity index is 1.45. The van der Waals surface area contributed by atoms with E-state index in [1.807, 2.05) is 61.5 Å². The second-order valence-corrected chi connectivity index (χ2v) is 7.46. The Bertz CT molecular complexity index is 1000. The number of benzene rings is 3. The Morgan fingerprint density at radius 3 is 2.19 bits per heavy atom. The van der Waals surface area contributed by atoms with Gasteiger partial charge in [-0.1, -0.05) is 37.3 Å². The highest BCUT2D eigenvalue weighted by Crippen LogP contribution is 2.16. The van der Waals surface area contributed by atoms with Crippen LogP contribution in [0.1, 0.15) is 42.2 Å². The maximum absolute atomic E-state index is 12.5. The zero-order chi connectivity index (χ0) is 22.8. The van der Waals surface area contributed by atoms with Crippen molar-refractivity contribution >= 4 is 23.2 Å². The second kappa shape index (κ2) is 11.6. The molecule has 0 spiro atoms. The summed E-state index contributed by atoms with van der Waals surface area (Å²) >= 11 is 0. The van der Waals surface area contributed by atoms with Crippen molar-refractivity contribution in [3.63, 3.8) is 0 Å². The van der Waals surface area contributed by atoms with Gasteiger partial charge in [-0.05, 0) is 67.4 Å². The van der Waals surface area contributed by atoms with E-state index in [9.17, 15) is 9.59 Å². The minimum absolute atomic E-state index is 0.0857. The number of carbonyl (C=O) groups is 2. The summed E-state index contributed by atoms with van der Waals surface area (Å²) in [6.45, 7) is 4.79. The zero-order valence-corrected chi connectivity index (χ0v) is 18.4. The van der Waals surface area contributed by atoms with Gasteiger partial charge < -0.3 is 20.7 Å². The van der Waals surface area contributed by atoms with Crippen molar-refractivity contribution in [2.45, 2.75) is 26.3 Å². The summed E-state index contributed by atoms with van der Waals surface area (Å²) < 4.78 is 5.54. The molecule has 6 heteroatoms. The van der Waals surface area contributed by atoms with Crippen molar-refractivity contribution in [1.29, 1.82) is 0 Å². The number of ether oxygens (including phenoxy) is 1. The number of hydrogen-bond acceptors (Lipinski definition) is 4. The van der Waals surface area contributed by atoms with Gasteiger partial charge in [-0.15, -0.1) is 0 Å². The predicted octanol–water partition coefficient (Wildman–Crippen LogP) is 5.02. The van der Waals surface area contributed by atoms with Crippen molar-refractivity contribution in [2.75, 3.05) is 23.8 Å². The lowest BCUT2D eigenvalue weighted by molar-refractivity contribution is -0.114. The van der Waals surface area contributed by atoms with Crippen LogP contribution in [-0.2, 0) is 4.79 Å². The number of carbonyl (C=O) groups excluding carboxylic acids is 2. The number of anilines is 2. The molecule has 32 heavy (non-hydrogen) atoms. The van der Waals surface area contributed by atoms with Gasteiger partial charge in [-0.3, -0.25) is 9.59 Å². The van der Waals surface area contributed by atoms with Crippen LogP contribution in [0.5, 0.6) is 5.75 Å². The number of hydrogen-bond donors (Lipinski definition) is 3. The molecule has 0 radical (unpaired) electrons. The zero-order valence-electron chi connectivity index (χ0n) is 18.4. The summed E-state index contributed by atoms with van der Waals surface area (Å²) in [6, 6.07) is 24.1. The first kappa shape index (κ1) is 22.9. The molecule has 0 fully saturated rings. The standard InChI is InChI=1S/C26H29N3O3/c1-3-17-32-24-15-13-23(14-16-24)29-25(30)18-27-22-11-9-21(10-12-22)26(31)28-19(2)20-7-5-4-6-8-20/h4-16,19,27H,3,17-18H2,1-2H3,(H,28,31)(H,29,30). The molecule has 0 aliphatic rings. The fourth-order valence-corrected chi connectivity index (χ4v) is 3.09. The van der Waals surface area contributed by atoms with Gasteiger partial charge in [0.25, 0.3) is 5.91 Å². The van der Waals surface area contributed by atoms with E-state index in [1.54, 1.807) is 24.3 Å². The molecule has 0 aliphatic heterocycles. The van der Waals surface area contributed by atoms with Crippen LogP contribution in [-0.4, -0.2) is 25.0 Å². The number of amides is 2. The molecule has 6 nitrogen and oxygen atoms in total. The Morgan fingerprint density at radius 1 is 0.875 bits per heavy atom. The smallest absolute Gasteiger partial charge is 0.251 e. The summed E-state index contributed by atoms with van der Waals surface area (Å²) in [6.07, 6.45) is 0.947. The maximum atomic E-state index is 12.5. The molecule has 166 valence electrons. The molecular weight excluding hydrogens is 402 g/mol. The van der Waals surface area contributed by atoms with Crippen LogP contribution in [0.25, 0.3) is 0 Å². The highest BCUT2D eigenvalue weighted by Gasteiger charge is 2.11. The van der Waals surface area contributed by atoms with Crippen molar-refractivity contribution in [3.05, 3.63) is 90.0 Å². The molecule has 0 bridgehead atoms. The predicted molar refractivity (Wildman–Crippen MR) is 128 cm³/mol. The number of nitrogens with one attached hydrogen (secondary N) is 3. The lowest BCUT2D eigenvalue weighted by Crippen LogP contribution is -2.26. The molecule has 2 amide bonds. The van der Waals surface area contributed by atoms with Gasteiger partial charge in [0.15, 0.2) is 0 Å². The Hall–Kier alpha value is -3.80. The van der Waals surface area contributed by atoms with E-state index >= 15 is 0 Å². The largest absolute Gasteiger partial charge is 0.494 e. The van der Waals surface area contributed by atoms with Gasteiger partial charge in [-0.25, -0.2) is 0 Å². The van der Waals surface area contributed by atoms with Crippen LogP contribution in [0.15, 0.2) is 78.9 Å². The SMILES string of the molecule is CCCOc1ccc(NC(=O)CNc2ccc(C(=O)NC(C)c3ccccc3)cc2)cc1. The molecular formula is C26H29N3O3. The van der Waals surface area contributed by atoms with E-state index < -0.39 is 0 Å². The summed E-state index contributed by atoms with van der Waals surface area (Å²) in [5.74, 6) is 0.480. The van der Waals surface area contributed by atoms with Gasteiger partial charge in [-0.2, -0.15) is 0 Å². The van der Waals surface area contributed by atoms with E-state index in [2.05, 4.69) is 22.9 Å². The summed E-state index contributed by atoms with van der Waals surface area (Å²) in [4.78, 5) is 24.7. The summed E-state index contributed by atoms with van der Waals surface area (Å²) in [5, 5.41) is 8.90. The molecule has 3 aromatic rings. The molecule has 1 atom stereocenters. The fourth-order valence-electron chi connectivity index (χ4n) is 3.09. The normalized spacial score (nSPS) is 11.3. The van der Waals surface area contributed by atoms with Crippen molar-refractivity contribution in [3.8, 4) is 5.75 Å². The third kappa shape index (κ3) is 6.87. The van der Waals surface area contributed by atoms with E-state index in [-0.39, 0.29) is 24.4 Å². The lowest BCUT2D eigenvalue weighted by atomic mass is 10.1. The van der Waals surface area contributed by atoms with Crippen molar-refractivity contribution < 1.29 is 14.3 Å². The molecule has 0 aromatic heterocycles. The third-order valence-corrected chi connectivity index (χ3v) is 4.86. The quantitative estimate of drug-likeness (QED) is 0.421. The first-order valence-electron chi connectivity index (χ1n) is 10.8. The van der Waals surface area contributed by atoms with Gasteiger partial charge in [0.1, 0.15) is 5.75 Å². The van der Waals surface area contributed by atoms with Gasteiger partial charge in [0.05, 0.1) is 19.2 Å². The first-order valence-corrected chi connectivity index (χ1v) is 10.8. The average Bonchev–Trinajstić information content (AvgIpc) is 2.83. The van der Waals surface area contributed by atoms with Gasteiger partial charge in [0, 0.05) is 16.9 Å². The molecule has 0 heterocycles. The third-order valence-electron chi connectivity index (χ3n) is 4.86. The highest BCUT2D eigenvalue weighted by molar-refractivity contribution is 5.95. The van der Waals surface area contributed by atoms with E-state index in [4.69, 9.17) is 4.74 Å². The van der Waals surface area contributed by atoms with E-state index in [0.29, 0.717) is 17.9 Å². The first-order chi connectivity index (χ1) is 15.5. The average molecular weight is 432 g/mol. The minimum atomic E-state index is -0.161. The topological polar surface area (TPSA) is 79.5 Å². The molecule has 3 N–H and O–H groups in total. The molecule has 0 saturated heterocycles. The van der Waals surface area contributed by atoms with E-state index in [0.717, 1.165) is 23.4 Å². The Morgan fingerprint density at radius 2 is 1.53 bits per heavy atom. The Labute approximate surface area is 189 Å². The molecule has 3 aromatic carbocycles. The van der Waals surface area contributed by atoms with Crippen molar-refractivity contribution in [2.24, 2.45) is 0 Å². The fraction of sp³-hybridized carbons (Fsp3) is 0.231. The van der Waals surface area contributed by atoms with E-state index in [1.165, 1.54) is 0 Å². The maximum Gasteiger partial charge on any atom is 0.251 e. The summed E-state index contributed by atoms with van der Waals surface area (Å²) in [7, 11) is 0. The van der Waals surface area contributed by atoms with Crippen LogP contribution >= 0.6 is 0 Å². The highest BCUT2D eigenvalue weighted by atomic mass is 16.5. The molecule has 0 saturated carbocycles. The molecule has 0 aliphatic carbocycles. The van der Waals surface area contributed by atoms with Crippen LogP contribution in [0.3, 0.4) is 0 Å². The van der Waals surface area contributed by atoms with Crippen LogP contribution in [0, 0.1) is 0 Å². The number of rotatable bonds is 10. The van der Waals surface area contributed by atoms with Crippen LogP contribution < -0.4 is 20.7 Å². The summed E-state index contributed by atoms with van der Waals surface area (Å²) in [5.41, 5.74) is 3.08. The van der Waals surface area contributed by atoms with Crippen molar-refractivity contribution in [1.82, 2.24) is 5.32 Å². The lowest BCUT2D eigenvalue weighted by Gasteiger charge is -2.14. The monoisotopic (exact) mass is 431 g/mol. The second-order valence-electron chi connectivity index (χ2n) is 7.46. The van der Waals surface area contributed by atoms with Crippen LogP contribution in [0.2, 0.25) is 0 Å².